The molecule has 3 heterocycles. The average Bonchev–Trinajstić information content (AvgIpc) is 2.86. The molecule has 170 valence electrons. The summed E-state index contributed by atoms with van der Waals surface area (Å²) in [6, 6.07) is 13.9. The fourth-order valence-corrected chi connectivity index (χ4v) is 4.68. The van der Waals surface area contributed by atoms with Gasteiger partial charge in [-0.2, -0.15) is 0 Å². The van der Waals surface area contributed by atoms with Crippen molar-refractivity contribution in [2.24, 2.45) is 0 Å². The highest BCUT2D eigenvalue weighted by molar-refractivity contribution is 5.97. The zero-order valence-corrected chi connectivity index (χ0v) is 18.5. The van der Waals surface area contributed by atoms with E-state index in [4.69, 9.17) is 9.47 Å². The number of ether oxygens (including phenoxy) is 2. The van der Waals surface area contributed by atoms with Crippen LogP contribution in [0.25, 0.3) is 0 Å². The fraction of sp³-hybridized carbons (Fsp3) is 0.480. The Kier molecular flexibility index (Phi) is 6.04. The van der Waals surface area contributed by atoms with Crippen LogP contribution in [0.15, 0.2) is 42.5 Å². The molecule has 2 atom stereocenters. The third-order valence-electron chi connectivity index (χ3n) is 6.43. The number of β-amino-alcohol motifs (C(OH)–C–C–N with tert-alkyl or cyclic N) is 1. The van der Waals surface area contributed by atoms with Crippen molar-refractivity contribution in [1.29, 1.82) is 0 Å². The normalized spacial score (nSPS) is 22.2. The molecule has 0 bridgehead atoms. The maximum absolute atomic E-state index is 13.2. The summed E-state index contributed by atoms with van der Waals surface area (Å²) in [5.41, 5.74) is 3.23. The van der Waals surface area contributed by atoms with Gasteiger partial charge in [0, 0.05) is 45.3 Å². The predicted octanol–water partition coefficient (Wildman–Crippen LogP) is 1.68. The van der Waals surface area contributed by atoms with Crippen LogP contribution in [0.4, 0.5) is 0 Å². The van der Waals surface area contributed by atoms with E-state index >= 15 is 0 Å². The van der Waals surface area contributed by atoms with Gasteiger partial charge in [-0.05, 0) is 36.6 Å². The van der Waals surface area contributed by atoms with Crippen molar-refractivity contribution in [2.45, 2.75) is 38.2 Å². The Hall–Kier alpha value is -2.61. The van der Waals surface area contributed by atoms with Gasteiger partial charge in [0.15, 0.2) is 0 Å². The van der Waals surface area contributed by atoms with Crippen LogP contribution in [0.2, 0.25) is 0 Å². The molecule has 0 aromatic heterocycles. The summed E-state index contributed by atoms with van der Waals surface area (Å²) in [5.74, 6) is 1.16. The minimum Gasteiger partial charge on any atom is -0.488 e. The van der Waals surface area contributed by atoms with E-state index in [-0.39, 0.29) is 24.7 Å². The lowest BCUT2D eigenvalue weighted by molar-refractivity contribution is 0.0454. The van der Waals surface area contributed by atoms with E-state index in [1.54, 1.807) is 11.0 Å². The molecule has 2 unspecified atom stereocenters. The van der Waals surface area contributed by atoms with Gasteiger partial charge in [-0.1, -0.05) is 24.3 Å². The quantitative estimate of drug-likeness (QED) is 0.717. The van der Waals surface area contributed by atoms with Crippen molar-refractivity contribution >= 4 is 5.91 Å². The minimum absolute atomic E-state index is 0.107. The summed E-state index contributed by atoms with van der Waals surface area (Å²) >= 11 is 0. The Labute approximate surface area is 188 Å². The van der Waals surface area contributed by atoms with E-state index in [1.165, 1.54) is 11.1 Å². The number of amides is 1. The van der Waals surface area contributed by atoms with Gasteiger partial charge in [0.05, 0.1) is 18.2 Å². The molecule has 1 saturated heterocycles. The number of hydrogen-bond donors (Lipinski definition) is 2. The van der Waals surface area contributed by atoms with E-state index in [1.807, 2.05) is 19.1 Å². The number of fused-ring (bicyclic) bond motifs is 2. The summed E-state index contributed by atoms with van der Waals surface area (Å²) in [7, 11) is 0. The number of rotatable bonds is 6. The molecule has 32 heavy (non-hydrogen) atoms. The number of hydrogen-bond acceptors (Lipinski definition) is 6. The van der Waals surface area contributed by atoms with Gasteiger partial charge in [-0.3, -0.25) is 9.69 Å². The molecule has 1 amide bonds. The van der Waals surface area contributed by atoms with Crippen LogP contribution in [0.1, 0.15) is 28.4 Å². The highest BCUT2D eigenvalue weighted by Crippen LogP contribution is 2.30. The Bertz CT molecular complexity index is 977. The lowest BCUT2D eigenvalue weighted by Gasteiger charge is -2.32. The second kappa shape index (κ2) is 9.10. The first-order chi connectivity index (χ1) is 15.5. The van der Waals surface area contributed by atoms with Crippen LogP contribution >= 0.6 is 0 Å². The lowest BCUT2D eigenvalue weighted by atomic mass is 10.00. The van der Waals surface area contributed by atoms with E-state index in [2.05, 4.69) is 34.5 Å². The molecule has 0 aliphatic carbocycles. The molecule has 0 spiro atoms. The van der Waals surface area contributed by atoms with Crippen LogP contribution in [0.5, 0.6) is 11.5 Å². The van der Waals surface area contributed by atoms with E-state index in [0.29, 0.717) is 30.2 Å². The summed E-state index contributed by atoms with van der Waals surface area (Å²) in [6.45, 7) is 6.65. The zero-order valence-electron chi connectivity index (χ0n) is 18.5. The van der Waals surface area contributed by atoms with Crippen molar-refractivity contribution < 1.29 is 19.4 Å². The van der Waals surface area contributed by atoms with Crippen molar-refractivity contribution in [1.82, 2.24) is 15.1 Å². The van der Waals surface area contributed by atoms with Crippen molar-refractivity contribution in [3.05, 3.63) is 59.2 Å². The van der Waals surface area contributed by atoms with Crippen LogP contribution in [0.3, 0.4) is 0 Å². The van der Waals surface area contributed by atoms with E-state index < -0.39 is 6.10 Å². The maximum Gasteiger partial charge on any atom is 0.257 e. The van der Waals surface area contributed by atoms with Gasteiger partial charge >= 0.3 is 0 Å². The van der Waals surface area contributed by atoms with Crippen LogP contribution in [-0.4, -0.2) is 78.4 Å². The smallest absolute Gasteiger partial charge is 0.257 e. The SMILES string of the molecule is CC1CN(CC(O)CN2CCc3ccccc3C2)C(=O)c2ccc(OC3CNC3)cc2O1. The highest BCUT2D eigenvalue weighted by atomic mass is 16.5. The molecule has 3 aliphatic heterocycles. The zero-order chi connectivity index (χ0) is 22.1. The summed E-state index contributed by atoms with van der Waals surface area (Å²) in [6.07, 6.45) is 0.368. The molecular weight excluding hydrogens is 406 g/mol. The van der Waals surface area contributed by atoms with Gasteiger partial charge in [0.2, 0.25) is 0 Å². The first-order valence-electron chi connectivity index (χ1n) is 11.5. The molecule has 7 heteroatoms. The number of aliphatic hydroxyl groups is 1. The van der Waals surface area contributed by atoms with Crippen LogP contribution in [0, 0.1) is 0 Å². The number of carbonyl (C=O) groups excluding carboxylic acids is 1. The largest absolute Gasteiger partial charge is 0.488 e. The fourth-order valence-electron chi connectivity index (χ4n) is 4.68. The Morgan fingerprint density at radius 1 is 1.19 bits per heavy atom. The second-order valence-electron chi connectivity index (χ2n) is 9.10. The van der Waals surface area contributed by atoms with Crippen molar-refractivity contribution in [3.63, 3.8) is 0 Å². The van der Waals surface area contributed by atoms with Crippen LogP contribution < -0.4 is 14.8 Å². The topological polar surface area (TPSA) is 74.3 Å². The molecular formula is C25H31N3O4. The molecule has 0 radical (unpaired) electrons. The van der Waals surface area contributed by atoms with Gasteiger partial charge < -0.3 is 24.8 Å². The predicted molar refractivity (Wildman–Crippen MR) is 121 cm³/mol. The summed E-state index contributed by atoms with van der Waals surface area (Å²) in [4.78, 5) is 17.2. The molecule has 1 fully saturated rings. The molecule has 2 aromatic rings. The molecule has 7 nitrogen and oxygen atoms in total. The maximum atomic E-state index is 13.2. The number of aliphatic hydroxyl groups excluding tert-OH is 1. The molecule has 3 aliphatic rings. The third-order valence-corrected chi connectivity index (χ3v) is 6.43. The minimum atomic E-state index is -0.619. The van der Waals surface area contributed by atoms with Gasteiger partial charge in [0.25, 0.3) is 5.91 Å². The van der Waals surface area contributed by atoms with Crippen molar-refractivity contribution in [3.8, 4) is 11.5 Å². The second-order valence-corrected chi connectivity index (χ2v) is 9.10. The van der Waals surface area contributed by atoms with E-state index in [9.17, 15) is 9.90 Å². The summed E-state index contributed by atoms with van der Waals surface area (Å²) < 4.78 is 12.0. The van der Waals surface area contributed by atoms with Crippen LogP contribution in [-0.2, 0) is 13.0 Å². The number of nitrogens with one attached hydrogen (secondary N) is 1. The number of benzene rings is 2. The van der Waals surface area contributed by atoms with Crippen molar-refractivity contribution in [2.75, 3.05) is 39.3 Å². The molecule has 2 N–H and O–H groups in total. The van der Waals surface area contributed by atoms with E-state index in [0.717, 1.165) is 32.6 Å². The van der Waals surface area contributed by atoms with Gasteiger partial charge in [0.1, 0.15) is 23.7 Å². The lowest BCUT2D eigenvalue weighted by Crippen LogP contribution is -2.50. The van der Waals surface area contributed by atoms with Gasteiger partial charge in [-0.15, -0.1) is 0 Å². The Balaban J connectivity index is 1.23. The molecule has 0 saturated carbocycles. The first-order valence-corrected chi connectivity index (χ1v) is 11.5. The first kappa shape index (κ1) is 21.2. The summed E-state index contributed by atoms with van der Waals surface area (Å²) in [5, 5.41) is 14.0. The Morgan fingerprint density at radius 3 is 2.78 bits per heavy atom. The molecule has 5 rings (SSSR count). The number of nitrogens with zero attached hydrogens (tertiary/aromatic N) is 2. The Morgan fingerprint density at radius 2 is 2.00 bits per heavy atom. The molecule has 2 aromatic carbocycles. The number of carbonyl (C=O) groups is 1. The van der Waals surface area contributed by atoms with Gasteiger partial charge in [-0.25, -0.2) is 0 Å². The monoisotopic (exact) mass is 437 g/mol. The highest BCUT2D eigenvalue weighted by Gasteiger charge is 2.30. The average molecular weight is 438 g/mol. The third kappa shape index (κ3) is 4.60. The standard InChI is InChI=1S/C25H31N3O4/c1-17-13-28(16-20(29)15-27-9-8-18-4-2-3-5-19(18)14-27)25(30)23-7-6-21(10-24(23)31-17)32-22-11-26-12-22/h2-7,10,17,20,22,26,29H,8-9,11-16H2,1H3.